The van der Waals surface area contributed by atoms with Gasteiger partial charge in [0.15, 0.2) is 0 Å². The molecule has 0 aliphatic rings. The first-order valence-corrected chi connectivity index (χ1v) is 7.68. The summed E-state index contributed by atoms with van der Waals surface area (Å²) in [7, 11) is -2.54. The van der Waals surface area contributed by atoms with Gasteiger partial charge in [-0.15, -0.1) is 0 Å². The molecule has 0 aliphatic heterocycles. The minimum absolute atomic E-state index is 0.0956. The fourth-order valence-corrected chi connectivity index (χ4v) is 3.34. The monoisotopic (exact) mass is 328 g/mol. The second-order valence-corrected chi connectivity index (χ2v) is 6.12. The van der Waals surface area contributed by atoms with E-state index in [0.29, 0.717) is 5.56 Å². The molecule has 0 unspecified atom stereocenters. The lowest BCUT2D eigenvalue weighted by Gasteiger charge is -2.14. The number of anilines is 1. The zero-order valence-electron chi connectivity index (χ0n) is 11.1. The number of sulfonamides is 1. The molecule has 21 heavy (non-hydrogen) atoms. The van der Waals surface area contributed by atoms with Gasteiger partial charge in [-0.05, 0) is 12.1 Å². The lowest BCUT2D eigenvalue weighted by atomic mass is 10.2. The molecule has 7 nitrogen and oxygen atoms in total. The molecular weight excluding hydrogens is 316 g/mol. The third-order valence-corrected chi connectivity index (χ3v) is 4.23. The van der Waals surface area contributed by atoms with E-state index in [2.05, 4.69) is 14.7 Å². The van der Waals surface area contributed by atoms with Crippen LogP contribution in [0.15, 0.2) is 35.7 Å². The SMILES string of the molecule is COc1c(CN)cc(Cl)cc1S(=O)(=O)Nc1cncnc1. The zero-order valence-corrected chi connectivity index (χ0v) is 12.6. The van der Waals surface area contributed by atoms with Crippen molar-refractivity contribution in [1.29, 1.82) is 0 Å². The van der Waals surface area contributed by atoms with Crippen molar-refractivity contribution < 1.29 is 13.2 Å². The quantitative estimate of drug-likeness (QED) is 0.859. The molecule has 112 valence electrons. The summed E-state index contributed by atoms with van der Waals surface area (Å²) >= 11 is 5.94. The fourth-order valence-electron chi connectivity index (χ4n) is 1.77. The summed E-state index contributed by atoms with van der Waals surface area (Å²) in [5.41, 5.74) is 6.31. The maximum atomic E-state index is 12.5. The first kappa shape index (κ1) is 15.5. The molecule has 2 aromatic rings. The van der Waals surface area contributed by atoms with Crippen molar-refractivity contribution in [3.8, 4) is 5.75 Å². The molecule has 0 saturated heterocycles. The van der Waals surface area contributed by atoms with E-state index in [1.165, 1.54) is 31.9 Å². The number of nitrogens with one attached hydrogen (secondary N) is 1. The largest absolute Gasteiger partial charge is 0.495 e. The standard InChI is InChI=1S/C12H13ClN4O3S/c1-20-12-8(4-14)2-9(13)3-11(12)21(18,19)17-10-5-15-7-16-6-10/h2-3,5-7,17H,4,14H2,1H3. The number of hydrogen-bond acceptors (Lipinski definition) is 6. The molecule has 1 heterocycles. The number of methoxy groups -OCH3 is 1. The third-order valence-electron chi connectivity index (χ3n) is 2.62. The van der Waals surface area contributed by atoms with Gasteiger partial charge in [-0.25, -0.2) is 18.4 Å². The van der Waals surface area contributed by atoms with Gasteiger partial charge in [0.25, 0.3) is 10.0 Å². The molecule has 1 aromatic carbocycles. The molecule has 2 rings (SSSR count). The average Bonchev–Trinajstić information content (AvgIpc) is 2.46. The normalized spacial score (nSPS) is 11.2. The van der Waals surface area contributed by atoms with Gasteiger partial charge in [0.1, 0.15) is 17.0 Å². The van der Waals surface area contributed by atoms with Crippen LogP contribution in [-0.4, -0.2) is 25.5 Å². The van der Waals surface area contributed by atoms with Crippen LogP contribution < -0.4 is 15.2 Å². The Morgan fingerprint density at radius 3 is 2.57 bits per heavy atom. The van der Waals surface area contributed by atoms with Gasteiger partial charge in [0, 0.05) is 17.1 Å². The number of halogens is 1. The van der Waals surface area contributed by atoms with Gasteiger partial charge in [-0.2, -0.15) is 0 Å². The number of benzene rings is 1. The van der Waals surface area contributed by atoms with Crippen LogP contribution >= 0.6 is 11.6 Å². The van der Waals surface area contributed by atoms with E-state index in [-0.39, 0.29) is 27.9 Å². The van der Waals surface area contributed by atoms with Crippen molar-refractivity contribution in [2.45, 2.75) is 11.4 Å². The topological polar surface area (TPSA) is 107 Å². The van der Waals surface area contributed by atoms with Crippen molar-refractivity contribution in [2.75, 3.05) is 11.8 Å². The minimum atomic E-state index is -3.91. The Labute approximate surface area is 127 Å². The van der Waals surface area contributed by atoms with Crippen LogP contribution in [0.1, 0.15) is 5.56 Å². The molecular formula is C12H13ClN4O3S. The van der Waals surface area contributed by atoms with E-state index in [1.54, 1.807) is 6.07 Å². The van der Waals surface area contributed by atoms with Crippen molar-refractivity contribution in [1.82, 2.24) is 9.97 Å². The van der Waals surface area contributed by atoms with E-state index in [4.69, 9.17) is 22.1 Å². The predicted octanol–water partition coefficient (Wildman–Crippen LogP) is 1.40. The third kappa shape index (κ3) is 3.41. The molecule has 0 amide bonds. The van der Waals surface area contributed by atoms with E-state index in [9.17, 15) is 8.42 Å². The number of rotatable bonds is 5. The Morgan fingerprint density at radius 2 is 2.00 bits per heavy atom. The summed E-state index contributed by atoms with van der Waals surface area (Å²) in [6.07, 6.45) is 3.97. The van der Waals surface area contributed by atoms with Gasteiger partial charge < -0.3 is 10.5 Å². The molecule has 0 aliphatic carbocycles. The first-order valence-electron chi connectivity index (χ1n) is 5.82. The summed E-state index contributed by atoms with van der Waals surface area (Å²) in [6, 6.07) is 2.86. The van der Waals surface area contributed by atoms with E-state index < -0.39 is 10.0 Å². The van der Waals surface area contributed by atoms with Crippen LogP contribution in [-0.2, 0) is 16.6 Å². The molecule has 0 bridgehead atoms. The Bertz CT molecular complexity index is 738. The molecule has 3 N–H and O–H groups in total. The maximum Gasteiger partial charge on any atom is 0.265 e. The summed E-state index contributed by atoms with van der Waals surface area (Å²) in [6.45, 7) is 0.0979. The number of hydrogen-bond donors (Lipinski definition) is 2. The molecule has 1 aromatic heterocycles. The summed E-state index contributed by atoms with van der Waals surface area (Å²) in [5, 5.41) is 0.251. The van der Waals surface area contributed by atoms with Crippen LogP contribution in [0.2, 0.25) is 5.02 Å². The van der Waals surface area contributed by atoms with Crippen LogP contribution in [0.3, 0.4) is 0 Å². The van der Waals surface area contributed by atoms with E-state index >= 15 is 0 Å². The smallest absolute Gasteiger partial charge is 0.265 e. The highest BCUT2D eigenvalue weighted by Crippen LogP contribution is 2.32. The highest BCUT2D eigenvalue weighted by molar-refractivity contribution is 7.92. The highest BCUT2D eigenvalue weighted by atomic mass is 35.5. The van der Waals surface area contributed by atoms with Crippen LogP contribution in [0.5, 0.6) is 5.75 Å². The Balaban J connectivity index is 2.51. The van der Waals surface area contributed by atoms with Gasteiger partial charge in [0.2, 0.25) is 0 Å². The summed E-state index contributed by atoms with van der Waals surface area (Å²) in [4.78, 5) is 7.39. The molecule has 0 radical (unpaired) electrons. The number of ether oxygens (including phenoxy) is 1. The van der Waals surface area contributed by atoms with Gasteiger partial charge in [-0.3, -0.25) is 4.72 Å². The van der Waals surface area contributed by atoms with Crippen molar-refractivity contribution in [3.63, 3.8) is 0 Å². The molecule has 0 saturated carbocycles. The van der Waals surface area contributed by atoms with Crippen LogP contribution in [0, 0.1) is 0 Å². The minimum Gasteiger partial charge on any atom is -0.495 e. The number of nitrogens with two attached hydrogens (primary N) is 1. The number of aromatic nitrogens is 2. The molecule has 0 fully saturated rings. The summed E-state index contributed by atoms with van der Waals surface area (Å²) < 4.78 is 32.4. The lowest BCUT2D eigenvalue weighted by Crippen LogP contribution is -2.15. The van der Waals surface area contributed by atoms with Gasteiger partial charge >= 0.3 is 0 Å². The van der Waals surface area contributed by atoms with E-state index in [1.807, 2.05) is 0 Å². The Kier molecular flexibility index (Phi) is 4.61. The maximum absolute atomic E-state index is 12.5. The van der Waals surface area contributed by atoms with Crippen LogP contribution in [0.25, 0.3) is 0 Å². The second-order valence-electron chi connectivity index (χ2n) is 4.03. The van der Waals surface area contributed by atoms with Crippen molar-refractivity contribution in [3.05, 3.63) is 41.4 Å². The fraction of sp³-hybridized carbons (Fsp3) is 0.167. The average molecular weight is 329 g/mol. The van der Waals surface area contributed by atoms with Gasteiger partial charge in [0.05, 0.1) is 25.2 Å². The van der Waals surface area contributed by atoms with Crippen LogP contribution in [0.4, 0.5) is 5.69 Å². The zero-order chi connectivity index (χ0) is 15.5. The molecule has 0 spiro atoms. The lowest BCUT2D eigenvalue weighted by molar-refractivity contribution is 0.398. The number of nitrogens with zero attached hydrogens (tertiary/aromatic N) is 2. The molecule has 0 atom stereocenters. The molecule has 9 heteroatoms. The van der Waals surface area contributed by atoms with Crippen molar-refractivity contribution in [2.24, 2.45) is 5.73 Å². The van der Waals surface area contributed by atoms with E-state index in [0.717, 1.165) is 0 Å². The van der Waals surface area contributed by atoms with Gasteiger partial charge in [-0.1, -0.05) is 11.6 Å². The summed E-state index contributed by atoms with van der Waals surface area (Å²) in [5.74, 6) is 0.159. The predicted molar refractivity (Wildman–Crippen MR) is 78.7 cm³/mol. The second kappa shape index (κ2) is 6.25. The Morgan fingerprint density at radius 1 is 1.33 bits per heavy atom. The Hall–Kier alpha value is -1.90. The highest BCUT2D eigenvalue weighted by Gasteiger charge is 2.23. The first-order chi connectivity index (χ1) is 9.97. The van der Waals surface area contributed by atoms with Crippen molar-refractivity contribution >= 4 is 27.3 Å².